The highest BCUT2D eigenvalue weighted by molar-refractivity contribution is 5.80. The van der Waals surface area contributed by atoms with Crippen LogP contribution < -0.4 is 5.32 Å². The molecule has 0 spiro atoms. The van der Waals surface area contributed by atoms with Gasteiger partial charge >= 0.3 is 0 Å². The fourth-order valence-corrected chi connectivity index (χ4v) is 4.75. The summed E-state index contributed by atoms with van der Waals surface area (Å²) in [5.41, 5.74) is 4.04. The summed E-state index contributed by atoms with van der Waals surface area (Å²) in [4.78, 5) is 10.2. The van der Waals surface area contributed by atoms with Crippen molar-refractivity contribution < 1.29 is 0 Å². The highest BCUT2D eigenvalue weighted by Crippen LogP contribution is 2.28. The van der Waals surface area contributed by atoms with Gasteiger partial charge in [-0.05, 0) is 57.3 Å². The molecule has 2 aromatic rings. The van der Waals surface area contributed by atoms with E-state index in [-0.39, 0.29) is 0 Å². The summed E-state index contributed by atoms with van der Waals surface area (Å²) in [6.07, 6.45) is 7.91. The third-order valence-corrected chi connectivity index (χ3v) is 6.48. The average Bonchev–Trinajstić information content (AvgIpc) is 3.50. The molecule has 1 aromatic heterocycles. The zero-order valence-corrected chi connectivity index (χ0v) is 18.7. The number of nitrogens with one attached hydrogen (secondary N) is 1. The van der Waals surface area contributed by atoms with E-state index in [1.807, 2.05) is 17.9 Å². The first-order chi connectivity index (χ1) is 14.6. The molecule has 0 aliphatic carbocycles. The van der Waals surface area contributed by atoms with E-state index in [4.69, 9.17) is 4.99 Å². The number of aromatic nitrogens is 2. The van der Waals surface area contributed by atoms with Gasteiger partial charge < -0.3 is 10.2 Å². The molecule has 2 atom stereocenters. The van der Waals surface area contributed by atoms with Crippen LogP contribution >= 0.6 is 0 Å². The summed E-state index contributed by atoms with van der Waals surface area (Å²) in [5, 5.41) is 7.90. The van der Waals surface area contributed by atoms with E-state index >= 15 is 0 Å². The van der Waals surface area contributed by atoms with Gasteiger partial charge in [-0.1, -0.05) is 29.8 Å². The second kappa shape index (κ2) is 9.65. The number of aryl methyl sites for hydroxylation is 2. The first-order valence-electron chi connectivity index (χ1n) is 11.5. The molecule has 6 nitrogen and oxygen atoms in total. The van der Waals surface area contributed by atoms with Gasteiger partial charge in [0.2, 0.25) is 0 Å². The zero-order valence-electron chi connectivity index (χ0n) is 18.7. The Bertz CT molecular complexity index is 834. The molecule has 4 rings (SSSR count). The fraction of sp³-hybridized carbons (Fsp3) is 0.583. The molecule has 0 amide bonds. The number of rotatable bonds is 6. The molecule has 2 aliphatic rings. The normalized spacial score (nSPS) is 21.4. The van der Waals surface area contributed by atoms with Gasteiger partial charge in [-0.3, -0.25) is 14.6 Å². The molecule has 0 radical (unpaired) electrons. The third-order valence-electron chi connectivity index (χ3n) is 6.48. The lowest BCUT2D eigenvalue weighted by molar-refractivity contribution is 0.251. The van der Waals surface area contributed by atoms with Crippen molar-refractivity contribution in [2.75, 3.05) is 39.3 Å². The first kappa shape index (κ1) is 20.9. The van der Waals surface area contributed by atoms with E-state index in [0.29, 0.717) is 12.0 Å². The Morgan fingerprint density at radius 2 is 1.97 bits per heavy atom. The molecule has 162 valence electrons. The molecule has 3 heterocycles. The Balaban J connectivity index is 1.49. The van der Waals surface area contributed by atoms with Crippen molar-refractivity contribution in [3.05, 3.63) is 53.3 Å². The predicted octanol–water partition coefficient (Wildman–Crippen LogP) is 3.32. The number of hydrogen-bond acceptors (Lipinski definition) is 3. The van der Waals surface area contributed by atoms with Gasteiger partial charge in [0.05, 0.1) is 18.8 Å². The topological polar surface area (TPSA) is 48.7 Å². The van der Waals surface area contributed by atoms with Crippen LogP contribution in [0.15, 0.2) is 41.7 Å². The minimum absolute atomic E-state index is 0.360. The Hall–Kier alpha value is -2.34. The molecular formula is C24H36N6. The van der Waals surface area contributed by atoms with E-state index in [9.17, 15) is 0 Å². The lowest BCUT2D eigenvalue weighted by atomic mass is 10.0. The Morgan fingerprint density at radius 1 is 1.20 bits per heavy atom. The molecule has 1 aromatic carbocycles. The molecule has 2 saturated heterocycles. The number of nitrogens with zero attached hydrogens (tertiary/aromatic N) is 5. The van der Waals surface area contributed by atoms with Crippen molar-refractivity contribution in [2.45, 2.75) is 45.1 Å². The number of hydrogen-bond donors (Lipinski definition) is 1. The van der Waals surface area contributed by atoms with Gasteiger partial charge in [-0.15, -0.1) is 0 Å². The first-order valence-corrected chi connectivity index (χ1v) is 11.5. The second-order valence-corrected chi connectivity index (χ2v) is 8.74. The maximum absolute atomic E-state index is 5.14. The summed E-state index contributed by atoms with van der Waals surface area (Å²) >= 11 is 0. The maximum Gasteiger partial charge on any atom is 0.194 e. The van der Waals surface area contributed by atoms with Crippen molar-refractivity contribution in [1.29, 1.82) is 0 Å². The summed E-state index contributed by atoms with van der Waals surface area (Å²) in [6, 6.07) is 9.39. The van der Waals surface area contributed by atoms with Gasteiger partial charge in [-0.2, -0.15) is 5.10 Å². The van der Waals surface area contributed by atoms with Crippen molar-refractivity contribution in [3.8, 4) is 0 Å². The molecular weight excluding hydrogens is 372 g/mol. The van der Waals surface area contributed by atoms with Crippen LogP contribution in [0.3, 0.4) is 0 Å². The molecule has 6 heteroatoms. The third kappa shape index (κ3) is 4.86. The molecule has 30 heavy (non-hydrogen) atoms. The van der Waals surface area contributed by atoms with E-state index in [2.05, 4.69) is 64.5 Å². The van der Waals surface area contributed by atoms with Crippen LogP contribution in [0.4, 0.5) is 0 Å². The standard InChI is InChI=1S/C24H36N6/c1-4-25-24(30-14-11-21(18-30)22-15-27-28(3)17-22)26-16-23(29-12-5-6-13-29)20-9-7-19(2)8-10-20/h7-10,15,17,21,23H,4-6,11-14,16,18H2,1-3H3,(H,25,26). The number of benzene rings is 1. The monoisotopic (exact) mass is 408 g/mol. The highest BCUT2D eigenvalue weighted by atomic mass is 15.3. The minimum Gasteiger partial charge on any atom is -0.357 e. The van der Waals surface area contributed by atoms with Crippen LogP contribution in [-0.2, 0) is 7.05 Å². The minimum atomic E-state index is 0.360. The van der Waals surface area contributed by atoms with Gasteiger partial charge in [0.25, 0.3) is 0 Å². The summed E-state index contributed by atoms with van der Waals surface area (Å²) in [7, 11) is 1.99. The van der Waals surface area contributed by atoms with Crippen LogP contribution in [0, 0.1) is 6.92 Å². The van der Waals surface area contributed by atoms with E-state index in [1.165, 1.54) is 42.6 Å². The Kier molecular flexibility index (Phi) is 6.72. The van der Waals surface area contributed by atoms with Crippen molar-refractivity contribution >= 4 is 5.96 Å². The average molecular weight is 409 g/mol. The molecule has 0 saturated carbocycles. The van der Waals surface area contributed by atoms with Crippen molar-refractivity contribution in [2.24, 2.45) is 12.0 Å². The van der Waals surface area contributed by atoms with E-state index in [1.54, 1.807) is 0 Å². The fourth-order valence-electron chi connectivity index (χ4n) is 4.75. The van der Waals surface area contributed by atoms with E-state index < -0.39 is 0 Å². The van der Waals surface area contributed by atoms with Crippen LogP contribution in [0.1, 0.15) is 54.8 Å². The molecule has 2 unspecified atom stereocenters. The molecule has 0 bridgehead atoms. The molecule has 2 fully saturated rings. The largest absolute Gasteiger partial charge is 0.357 e. The van der Waals surface area contributed by atoms with Crippen LogP contribution in [0.25, 0.3) is 0 Å². The highest BCUT2D eigenvalue weighted by Gasteiger charge is 2.28. The number of guanidine groups is 1. The lowest BCUT2D eigenvalue weighted by Crippen LogP contribution is -2.40. The van der Waals surface area contributed by atoms with Crippen LogP contribution in [0.2, 0.25) is 0 Å². The molecule has 1 N–H and O–H groups in total. The van der Waals surface area contributed by atoms with Gasteiger partial charge in [0.15, 0.2) is 5.96 Å². The van der Waals surface area contributed by atoms with Crippen molar-refractivity contribution in [3.63, 3.8) is 0 Å². The van der Waals surface area contributed by atoms with E-state index in [0.717, 1.165) is 38.6 Å². The number of aliphatic imine (C=N–C) groups is 1. The Morgan fingerprint density at radius 3 is 2.63 bits per heavy atom. The zero-order chi connectivity index (χ0) is 20.9. The quantitative estimate of drug-likeness (QED) is 0.588. The maximum atomic E-state index is 5.14. The molecule has 2 aliphatic heterocycles. The predicted molar refractivity (Wildman–Crippen MR) is 123 cm³/mol. The smallest absolute Gasteiger partial charge is 0.194 e. The summed E-state index contributed by atoms with van der Waals surface area (Å²) in [6.45, 7) is 10.4. The summed E-state index contributed by atoms with van der Waals surface area (Å²) in [5.74, 6) is 1.59. The summed E-state index contributed by atoms with van der Waals surface area (Å²) < 4.78 is 1.90. The SMILES string of the molecule is CCNC(=NCC(c1ccc(C)cc1)N1CCCC1)N1CCC(c2cnn(C)c2)C1. The van der Waals surface area contributed by atoms with Crippen LogP contribution in [-0.4, -0.2) is 64.8 Å². The lowest BCUT2D eigenvalue weighted by Gasteiger charge is -2.28. The van der Waals surface area contributed by atoms with Gasteiger partial charge in [0.1, 0.15) is 0 Å². The Labute approximate surface area is 181 Å². The van der Waals surface area contributed by atoms with Crippen LogP contribution in [0.5, 0.6) is 0 Å². The number of likely N-dealkylation sites (tertiary alicyclic amines) is 2. The van der Waals surface area contributed by atoms with Gasteiger partial charge in [-0.25, -0.2) is 0 Å². The van der Waals surface area contributed by atoms with Gasteiger partial charge in [0, 0.05) is 38.8 Å². The van der Waals surface area contributed by atoms with Crippen molar-refractivity contribution in [1.82, 2.24) is 24.9 Å². The second-order valence-electron chi connectivity index (χ2n) is 8.74.